The number of aryl methyl sites for hydroxylation is 2. The number of hydrogen-bond acceptors (Lipinski definition) is 2. The van der Waals surface area contributed by atoms with E-state index in [1.807, 2.05) is 20.0 Å². The third kappa shape index (κ3) is 2.79. The molecule has 1 atom stereocenters. The van der Waals surface area contributed by atoms with Gasteiger partial charge in [-0.1, -0.05) is 13.0 Å². The van der Waals surface area contributed by atoms with Gasteiger partial charge >= 0.3 is 0 Å². The molecule has 0 radical (unpaired) electrons. The molecule has 0 saturated carbocycles. The number of nitrogens with one attached hydrogen (secondary N) is 1. The van der Waals surface area contributed by atoms with Gasteiger partial charge in [-0.2, -0.15) is 0 Å². The lowest BCUT2D eigenvalue weighted by molar-refractivity contribution is 0.616. The lowest BCUT2D eigenvalue weighted by Crippen LogP contribution is -2.16. The molecule has 1 aromatic heterocycles. The van der Waals surface area contributed by atoms with Crippen LogP contribution >= 0.6 is 11.3 Å². The fourth-order valence-electron chi connectivity index (χ4n) is 2.14. The average Bonchev–Trinajstić information content (AvgIpc) is 2.77. The normalized spacial score (nSPS) is 12.7. The summed E-state index contributed by atoms with van der Waals surface area (Å²) in [5.74, 6) is -0.169. The number of halogens is 1. The molecule has 0 bridgehead atoms. The molecular weight excluding hydrogens is 245 g/mol. The first-order chi connectivity index (χ1) is 8.63. The molecule has 18 heavy (non-hydrogen) atoms. The molecule has 0 aliphatic carbocycles. The predicted molar refractivity (Wildman–Crippen MR) is 75.7 cm³/mol. The lowest BCUT2D eigenvalue weighted by Gasteiger charge is -2.16. The van der Waals surface area contributed by atoms with Gasteiger partial charge in [-0.05, 0) is 55.8 Å². The summed E-state index contributed by atoms with van der Waals surface area (Å²) in [5, 5.41) is 3.27. The highest BCUT2D eigenvalue weighted by atomic mass is 32.1. The van der Waals surface area contributed by atoms with E-state index >= 15 is 0 Å². The van der Waals surface area contributed by atoms with Crippen molar-refractivity contribution in [1.29, 1.82) is 0 Å². The Bertz CT molecular complexity index is 513. The molecule has 1 aromatic carbocycles. The van der Waals surface area contributed by atoms with Crippen LogP contribution in [0.5, 0.6) is 0 Å². The van der Waals surface area contributed by atoms with Gasteiger partial charge in [0.05, 0.1) is 6.04 Å². The maximum absolute atomic E-state index is 13.5. The van der Waals surface area contributed by atoms with E-state index in [4.69, 9.17) is 0 Å². The van der Waals surface area contributed by atoms with Crippen molar-refractivity contribution in [1.82, 2.24) is 5.32 Å². The van der Waals surface area contributed by atoms with Crippen molar-refractivity contribution >= 4 is 11.3 Å². The summed E-state index contributed by atoms with van der Waals surface area (Å²) in [6.07, 6.45) is 1.04. The van der Waals surface area contributed by atoms with E-state index < -0.39 is 0 Å². The molecular formula is C15H18FNS. The molecule has 0 aliphatic heterocycles. The van der Waals surface area contributed by atoms with Gasteiger partial charge in [-0.25, -0.2) is 4.39 Å². The zero-order valence-corrected chi connectivity index (χ0v) is 11.8. The van der Waals surface area contributed by atoms with E-state index in [0.717, 1.165) is 17.5 Å². The molecule has 3 heteroatoms. The summed E-state index contributed by atoms with van der Waals surface area (Å²) in [6, 6.07) is 9.56. The highest BCUT2D eigenvalue weighted by Crippen LogP contribution is 2.29. The van der Waals surface area contributed by atoms with Gasteiger partial charge in [0.1, 0.15) is 5.82 Å². The second kappa shape index (κ2) is 5.63. The molecule has 0 aliphatic rings. The summed E-state index contributed by atoms with van der Waals surface area (Å²) in [5.41, 5.74) is 1.94. The summed E-state index contributed by atoms with van der Waals surface area (Å²) < 4.78 is 13.5. The number of benzene rings is 1. The summed E-state index contributed by atoms with van der Waals surface area (Å²) >= 11 is 1.79. The standard InChI is InChI=1S/C15H18FNS/c1-4-13-5-6-14(18-13)15(17-3)11-7-10(2)8-12(16)9-11/h5-9,15,17H,4H2,1-3H3. The Hall–Kier alpha value is -1.19. The van der Waals surface area contributed by atoms with Crippen molar-refractivity contribution in [3.8, 4) is 0 Å². The van der Waals surface area contributed by atoms with E-state index in [1.165, 1.54) is 9.75 Å². The molecule has 0 amide bonds. The minimum Gasteiger partial charge on any atom is -0.309 e. The third-order valence-corrected chi connectivity index (χ3v) is 4.30. The molecule has 2 rings (SSSR count). The zero-order valence-electron chi connectivity index (χ0n) is 11.0. The van der Waals surface area contributed by atoms with Crippen LogP contribution in [0.4, 0.5) is 4.39 Å². The first kappa shape index (κ1) is 13.2. The summed E-state index contributed by atoms with van der Waals surface area (Å²) in [6.45, 7) is 4.07. The van der Waals surface area contributed by atoms with Crippen LogP contribution in [0.25, 0.3) is 0 Å². The van der Waals surface area contributed by atoms with Crippen molar-refractivity contribution in [3.05, 3.63) is 57.0 Å². The van der Waals surface area contributed by atoms with Crippen LogP contribution < -0.4 is 5.32 Å². The molecule has 1 unspecified atom stereocenters. The number of thiophene rings is 1. The monoisotopic (exact) mass is 263 g/mol. The molecule has 96 valence electrons. The van der Waals surface area contributed by atoms with E-state index in [-0.39, 0.29) is 11.9 Å². The molecule has 1 N–H and O–H groups in total. The van der Waals surface area contributed by atoms with Crippen LogP contribution in [0, 0.1) is 12.7 Å². The first-order valence-corrected chi connectivity index (χ1v) is 6.98. The minimum absolute atomic E-state index is 0.0738. The van der Waals surface area contributed by atoms with Crippen LogP contribution in [0.1, 0.15) is 33.8 Å². The highest BCUT2D eigenvalue weighted by molar-refractivity contribution is 7.12. The molecule has 0 fully saturated rings. The fourth-order valence-corrected chi connectivity index (χ4v) is 3.24. The second-order valence-electron chi connectivity index (χ2n) is 4.44. The zero-order chi connectivity index (χ0) is 13.1. The fraction of sp³-hybridized carbons (Fsp3) is 0.333. The topological polar surface area (TPSA) is 12.0 Å². The van der Waals surface area contributed by atoms with Crippen LogP contribution in [0.15, 0.2) is 30.3 Å². The number of rotatable bonds is 4. The molecule has 1 heterocycles. The molecule has 2 aromatic rings. The van der Waals surface area contributed by atoms with Gasteiger partial charge in [-0.15, -0.1) is 11.3 Å². The molecule has 0 saturated heterocycles. The minimum atomic E-state index is -0.169. The van der Waals surface area contributed by atoms with Gasteiger partial charge < -0.3 is 5.32 Å². The Labute approximate surface area is 112 Å². The van der Waals surface area contributed by atoms with Gasteiger partial charge in [0.15, 0.2) is 0 Å². The Morgan fingerprint density at radius 3 is 2.61 bits per heavy atom. The van der Waals surface area contributed by atoms with E-state index in [1.54, 1.807) is 23.5 Å². The summed E-state index contributed by atoms with van der Waals surface area (Å²) in [7, 11) is 1.91. The predicted octanol–water partition coefficient (Wildman–Crippen LogP) is 4.07. The Morgan fingerprint density at radius 2 is 2.06 bits per heavy atom. The largest absolute Gasteiger partial charge is 0.309 e. The Morgan fingerprint density at radius 1 is 1.28 bits per heavy atom. The SMILES string of the molecule is CCc1ccc(C(NC)c2cc(C)cc(F)c2)s1. The summed E-state index contributed by atoms with van der Waals surface area (Å²) in [4.78, 5) is 2.60. The van der Waals surface area contributed by atoms with Crippen LogP contribution in [0.2, 0.25) is 0 Å². The first-order valence-electron chi connectivity index (χ1n) is 6.17. The Balaban J connectivity index is 2.38. The lowest BCUT2D eigenvalue weighted by atomic mass is 10.0. The van der Waals surface area contributed by atoms with Gasteiger partial charge in [0, 0.05) is 9.75 Å². The number of hydrogen-bond donors (Lipinski definition) is 1. The van der Waals surface area contributed by atoms with Crippen LogP contribution in [-0.4, -0.2) is 7.05 Å². The van der Waals surface area contributed by atoms with Crippen molar-refractivity contribution in [2.45, 2.75) is 26.3 Å². The Kier molecular flexibility index (Phi) is 4.15. The van der Waals surface area contributed by atoms with Crippen molar-refractivity contribution in [2.75, 3.05) is 7.05 Å². The van der Waals surface area contributed by atoms with E-state index in [9.17, 15) is 4.39 Å². The van der Waals surface area contributed by atoms with Crippen molar-refractivity contribution < 1.29 is 4.39 Å². The van der Waals surface area contributed by atoms with Crippen LogP contribution in [0.3, 0.4) is 0 Å². The molecule has 1 nitrogen and oxygen atoms in total. The van der Waals surface area contributed by atoms with Gasteiger partial charge in [-0.3, -0.25) is 0 Å². The molecule has 0 spiro atoms. The highest BCUT2D eigenvalue weighted by Gasteiger charge is 2.15. The van der Waals surface area contributed by atoms with E-state index in [2.05, 4.69) is 24.4 Å². The second-order valence-corrected chi connectivity index (χ2v) is 5.64. The third-order valence-electron chi connectivity index (χ3n) is 3.00. The maximum Gasteiger partial charge on any atom is 0.123 e. The van der Waals surface area contributed by atoms with Crippen molar-refractivity contribution in [3.63, 3.8) is 0 Å². The van der Waals surface area contributed by atoms with Gasteiger partial charge in [0.2, 0.25) is 0 Å². The van der Waals surface area contributed by atoms with Gasteiger partial charge in [0.25, 0.3) is 0 Å². The maximum atomic E-state index is 13.5. The van der Waals surface area contributed by atoms with E-state index in [0.29, 0.717) is 0 Å². The smallest absolute Gasteiger partial charge is 0.123 e. The van der Waals surface area contributed by atoms with Crippen LogP contribution in [-0.2, 0) is 6.42 Å². The quantitative estimate of drug-likeness (QED) is 0.877. The van der Waals surface area contributed by atoms with Crippen molar-refractivity contribution in [2.24, 2.45) is 0 Å². The average molecular weight is 263 g/mol.